The Bertz CT molecular complexity index is 504. The fourth-order valence-electron chi connectivity index (χ4n) is 2.94. The normalized spacial score (nSPS) is 19.6. The second-order valence-electron chi connectivity index (χ2n) is 4.96. The molecule has 2 heterocycles. The molecular weight excluding hydrogens is 266 g/mol. The molecule has 5 nitrogen and oxygen atoms in total. The molecule has 0 radical (unpaired) electrons. The van der Waals surface area contributed by atoms with Crippen molar-refractivity contribution < 1.29 is 14.8 Å². The Morgan fingerprint density at radius 2 is 1.89 bits per heavy atom. The molecule has 0 aromatic heterocycles. The number of carbonyl (C=O) groups excluding carboxylic acids is 1. The van der Waals surface area contributed by atoms with E-state index in [9.17, 15) is 14.8 Å². The molecule has 4 N–H and O–H groups in total. The van der Waals surface area contributed by atoms with Gasteiger partial charge in [-0.15, -0.1) is 12.4 Å². The van der Waals surface area contributed by atoms with E-state index < -0.39 is 12.5 Å². The number of carbonyl (C=O) groups is 1. The highest BCUT2D eigenvalue weighted by Gasteiger charge is 2.47. The summed E-state index contributed by atoms with van der Waals surface area (Å²) in [5.74, 6) is 0.0311. The highest BCUT2D eigenvalue weighted by Crippen LogP contribution is 2.43. The number of benzene rings is 1. The number of halogens is 1. The number of rotatable bonds is 1. The van der Waals surface area contributed by atoms with Gasteiger partial charge in [0.05, 0.1) is 5.41 Å². The monoisotopic (exact) mass is 282 g/mol. The second kappa shape index (κ2) is 5.13. The molecule has 2 aliphatic rings. The molecule has 1 spiro atoms. The van der Waals surface area contributed by atoms with Gasteiger partial charge < -0.3 is 20.7 Å². The maximum Gasteiger partial charge on any atom is 0.488 e. The van der Waals surface area contributed by atoms with E-state index in [0.717, 1.165) is 37.2 Å². The van der Waals surface area contributed by atoms with Gasteiger partial charge in [0.2, 0.25) is 5.91 Å². The van der Waals surface area contributed by atoms with Crippen LogP contribution < -0.4 is 16.1 Å². The lowest BCUT2D eigenvalue weighted by molar-refractivity contribution is -0.121. The average molecular weight is 283 g/mol. The Morgan fingerprint density at radius 3 is 2.53 bits per heavy atom. The number of piperidine rings is 1. The maximum absolute atomic E-state index is 12.2. The van der Waals surface area contributed by atoms with Crippen LogP contribution in [-0.2, 0) is 10.2 Å². The van der Waals surface area contributed by atoms with E-state index in [0.29, 0.717) is 5.46 Å². The summed E-state index contributed by atoms with van der Waals surface area (Å²) in [4.78, 5) is 12.2. The Labute approximate surface area is 118 Å². The third-order valence-electron chi connectivity index (χ3n) is 4.00. The molecule has 0 atom stereocenters. The van der Waals surface area contributed by atoms with Crippen LogP contribution in [0.3, 0.4) is 0 Å². The Kier molecular flexibility index (Phi) is 3.87. The largest absolute Gasteiger partial charge is 0.488 e. The van der Waals surface area contributed by atoms with Crippen molar-refractivity contribution in [2.75, 3.05) is 18.4 Å². The first-order valence-corrected chi connectivity index (χ1v) is 6.16. The molecule has 1 aromatic rings. The lowest BCUT2D eigenvalue weighted by Gasteiger charge is -2.32. The summed E-state index contributed by atoms with van der Waals surface area (Å²) in [6.45, 7) is 1.61. The molecule has 19 heavy (non-hydrogen) atoms. The zero-order chi connectivity index (χ0) is 12.8. The van der Waals surface area contributed by atoms with Crippen molar-refractivity contribution in [3.8, 4) is 0 Å². The van der Waals surface area contributed by atoms with E-state index in [-0.39, 0.29) is 18.3 Å². The van der Waals surface area contributed by atoms with Crippen molar-refractivity contribution in [1.82, 2.24) is 5.32 Å². The van der Waals surface area contributed by atoms with Gasteiger partial charge >= 0.3 is 7.12 Å². The second-order valence-corrected chi connectivity index (χ2v) is 4.96. The summed E-state index contributed by atoms with van der Waals surface area (Å²) in [6, 6.07) is 5.12. The van der Waals surface area contributed by atoms with Gasteiger partial charge in [-0.3, -0.25) is 4.79 Å². The number of amides is 1. The van der Waals surface area contributed by atoms with Gasteiger partial charge in [0, 0.05) is 5.69 Å². The lowest BCUT2D eigenvalue weighted by Crippen LogP contribution is -2.45. The number of hydrogen-bond donors (Lipinski definition) is 4. The van der Waals surface area contributed by atoms with Crippen LogP contribution in [0.4, 0.5) is 5.69 Å². The summed E-state index contributed by atoms with van der Waals surface area (Å²) >= 11 is 0. The quantitative estimate of drug-likeness (QED) is 0.517. The minimum Gasteiger partial charge on any atom is -0.423 e. The molecule has 3 rings (SSSR count). The van der Waals surface area contributed by atoms with E-state index in [1.165, 1.54) is 0 Å². The van der Waals surface area contributed by atoms with E-state index in [1.807, 2.05) is 0 Å². The predicted molar refractivity (Wildman–Crippen MR) is 75.9 cm³/mol. The van der Waals surface area contributed by atoms with Crippen LogP contribution in [0.25, 0.3) is 0 Å². The van der Waals surface area contributed by atoms with Gasteiger partial charge in [-0.05, 0) is 43.0 Å². The molecular formula is C12H16BClN2O3. The standard InChI is InChI=1S/C12H15BN2O3.ClH/c16-11-12(3-5-14-6-4-12)9-7-8(13(17)18)1-2-10(9)15-11;/h1-2,7,14,17-18H,3-6H2,(H,15,16);1H. The number of anilines is 1. The third kappa shape index (κ3) is 2.14. The number of hydrogen-bond acceptors (Lipinski definition) is 4. The summed E-state index contributed by atoms with van der Waals surface area (Å²) < 4.78 is 0. The molecule has 1 aromatic carbocycles. The van der Waals surface area contributed by atoms with Gasteiger partial charge in [-0.1, -0.05) is 12.1 Å². The molecule has 102 valence electrons. The first-order chi connectivity index (χ1) is 8.63. The number of nitrogens with one attached hydrogen (secondary N) is 2. The molecule has 0 unspecified atom stereocenters. The smallest absolute Gasteiger partial charge is 0.423 e. The van der Waals surface area contributed by atoms with Crippen molar-refractivity contribution >= 4 is 36.6 Å². The van der Waals surface area contributed by atoms with Crippen molar-refractivity contribution in [1.29, 1.82) is 0 Å². The van der Waals surface area contributed by atoms with Crippen LogP contribution in [0.2, 0.25) is 0 Å². The Balaban J connectivity index is 0.00000133. The van der Waals surface area contributed by atoms with Crippen LogP contribution in [-0.4, -0.2) is 36.2 Å². The van der Waals surface area contributed by atoms with Crippen LogP contribution >= 0.6 is 12.4 Å². The molecule has 1 fully saturated rings. The fourth-order valence-corrected chi connectivity index (χ4v) is 2.94. The highest BCUT2D eigenvalue weighted by atomic mass is 35.5. The molecule has 1 amide bonds. The van der Waals surface area contributed by atoms with Crippen molar-refractivity contribution in [3.05, 3.63) is 23.8 Å². The minimum atomic E-state index is -1.50. The molecule has 7 heteroatoms. The van der Waals surface area contributed by atoms with E-state index in [4.69, 9.17) is 0 Å². The topological polar surface area (TPSA) is 81.6 Å². The van der Waals surface area contributed by atoms with E-state index >= 15 is 0 Å². The van der Waals surface area contributed by atoms with Gasteiger partial charge in [0.1, 0.15) is 0 Å². The Hall–Kier alpha value is -1.08. The summed E-state index contributed by atoms with van der Waals surface area (Å²) in [5, 5.41) is 24.6. The molecule has 0 saturated carbocycles. The van der Waals surface area contributed by atoms with Crippen LogP contribution in [0.1, 0.15) is 18.4 Å². The zero-order valence-corrected chi connectivity index (χ0v) is 11.2. The Morgan fingerprint density at radius 1 is 1.21 bits per heavy atom. The third-order valence-corrected chi connectivity index (χ3v) is 4.00. The first-order valence-electron chi connectivity index (χ1n) is 6.16. The SMILES string of the molecule is Cl.O=C1Nc2ccc(B(O)O)cc2C12CCNCC2. The molecule has 2 aliphatic heterocycles. The predicted octanol–water partition coefficient (Wildman–Crippen LogP) is -0.639. The van der Waals surface area contributed by atoms with Crippen LogP contribution in [0.5, 0.6) is 0 Å². The zero-order valence-electron chi connectivity index (χ0n) is 10.3. The van der Waals surface area contributed by atoms with E-state index in [1.54, 1.807) is 18.2 Å². The van der Waals surface area contributed by atoms with Crippen LogP contribution in [0, 0.1) is 0 Å². The summed E-state index contributed by atoms with van der Waals surface area (Å²) in [7, 11) is -1.50. The van der Waals surface area contributed by atoms with Crippen molar-refractivity contribution in [2.45, 2.75) is 18.3 Å². The minimum absolute atomic E-state index is 0. The fraction of sp³-hybridized carbons (Fsp3) is 0.417. The van der Waals surface area contributed by atoms with Crippen molar-refractivity contribution in [2.24, 2.45) is 0 Å². The van der Waals surface area contributed by atoms with Gasteiger partial charge in [0.15, 0.2) is 0 Å². The van der Waals surface area contributed by atoms with Gasteiger partial charge in [-0.2, -0.15) is 0 Å². The molecule has 0 bridgehead atoms. The van der Waals surface area contributed by atoms with Gasteiger partial charge in [-0.25, -0.2) is 0 Å². The number of fused-ring (bicyclic) bond motifs is 2. The van der Waals surface area contributed by atoms with E-state index in [2.05, 4.69) is 10.6 Å². The molecule has 0 aliphatic carbocycles. The lowest BCUT2D eigenvalue weighted by atomic mass is 9.71. The highest BCUT2D eigenvalue weighted by molar-refractivity contribution is 6.58. The summed E-state index contributed by atoms with van der Waals surface area (Å²) in [6.07, 6.45) is 1.49. The van der Waals surface area contributed by atoms with Crippen molar-refractivity contribution in [3.63, 3.8) is 0 Å². The maximum atomic E-state index is 12.2. The van der Waals surface area contributed by atoms with Gasteiger partial charge in [0.25, 0.3) is 0 Å². The molecule has 1 saturated heterocycles. The average Bonchev–Trinajstić information content (AvgIpc) is 2.63. The first kappa shape index (κ1) is 14.3. The van der Waals surface area contributed by atoms with Crippen LogP contribution in [0.15, 0.2) is 18.2 Å². The summed E-state index contributed by atoms with van der Waals surface area (Å²) in [5.41, 5.74) is 1.64.